The standard InChI is InChI=1S/C53H47NO6/c1-36-27-29-38(30-28-36)50(39-31-33-43(57-3)34-32-39)59-51(55)49(54-52(56)58-35-48-46-25-15-13-23-44(46)45-24-14-16-26-47(45)48)37(2)60-53(40-17-7-4-8-18-40,41-19-9-5-10-20-41)42-21-11-6-12-22-42/h4-34,37,48-50H,35H2,1-3H3,(H,54,56)/t37-,49+,50?/m1/s1. The average Bonchev–Trinajstić information content (AvgIpc) is 3.63. The Balaban J connectivity index is 1.16. The third-order valence-corrected chi connectivity index (χ3v) is 11.3. The fraction of sp³-hybridized carbons (Fsp3) is 0.170. The van der Waals surface area contributed by atoms with Gasteiger partial charge in [-0.1, -0.05) is 181 Å². The summed E-state index contributed by atoms with van der Waals surface area (Å²) in [5.74, 6) is -0.200. The first-order chi connectivity index (χ1) is 29.4. The van der Waals surface area contributed by atoms with E-state index >= 15 is 0 Å². The molecule has 0 aliphatic heterocycles. The first-order valence-corrected chi connectivity index (χ1v) is 20.2. The van der Waals surface area contributed by atoms with Gasteiger partial charge in [0.15, 0.2) is 12.1 Å². The zero-order valence-corrected chi connectivity index (χ0v) is 33.9. The molecule has 7 aromatic carbocycles. The Hall–Kier alpha value is -6.96. The molecular formula is C53H47NO6. The summed E-state index contributed by atoms with van der Waals surface area (Å²) in [7, 11) is 1.60. The molecule has 0 saturated carbocycles. The maximum atomic E-state index is 15.0. The normalized spacial score (nSPS) is 13.6. The molecule has 0 heterocycles. The zero-order valence-electron chi connectivity index (χ0n) is 33.9. The number of esters is 1. The summed E-state index contributed by atoms with van der Waals surface area (Å²) in [5, 5.41) is 2.92. The van der Waals surface area contributed by atoms with Crippen molar-refractivity contribution in [2.24, 2.45) is 0 Å². The van der Waals surface area contributed by atoms with Crippen LogP contribution in [0.15, 0.2) is 188 Å². The lowest BCUT2D eigenvalue weighted by Crippen LogP contribution is -2.52. The van der Waals surface area contributed by atoms with Crippen molar-refractivity contribution < 1.29 is 28.5 Å². The van der Waals surface area contributed by atoms with E-state index in [1.165, 1.54) is 0 Å². The molecule has 1 N–H and O–H groups in total. The van der Waals surface area contributed by atoms with Gasteiger partial charge in [-0.15, -0.1) is 0 Å². The van der Waals surface area contributed by atoms with E-state index in [9.17, 15) is 9.59 Å². The van der Waals surface area contributed by atoms with Gasteiger partial charge in [0.1, 0.15) is 18.0 Å². The van der Waals surface area contributed by atoms with Crippen LogP contribution in [0.3, 0.4) is 0 Å². The van der Waals surface area contributed by atoms with Crippen molar-refractivity contribution in [2.45, 2.75) is 43.6 Å². The van der Waals surface area contributed by atoms with Crippen molar-refractivity contribution in [1.82, 2.24) is 5.32 Å². The second kappa shape index (κ2) is 17.9. The molecule has 0 bridgehead atoms. The fourth-order valence-corrected chi connectivity index (χ4v) is 8.24. The van der Waals surface area contributed by atoms with Crippen molar-refractivity contribution in [2.75, 3.05) is 13.7 Å². The molecule has 7 nitrogen and oxygen atoms in total. The van der Waals surface area contributed by atoms with E-state index in [4.69, 9.17) is 18.9 Å². The predicted molar refractivity (Wildman–Crippen MR) is 234 cm³/mol. The highest BCUT2D eigenvalue weighted by Gasteiger charge is 2.43. The van der Waals surface area contributed by atoms with Crippen LogP contribution in [0.2, 0.25) is 0 Å². The van der Waals surface area contributed by atoms with Gasteiger partial charge in [-0.05, 0) is 76.1 Å². The molecule has 0 saturated heterocycles. The van der Waals surface area contributed by atoms with E-state index in [0.29, 0.717) is 5.75 Å². The molecule has 1 unspecified atom stereocenters. The quantitative estimate of drug-likeness (QED) is 0.0872. The topological polar surface area (TPSA) is 83.1 Å². The number of ether oxygens (including phenoxy) is 4. The number of nitrogens with one attached hydrogen (secondary N) is 1. The van der Waals surface area contributed by atoms with Crippen molar-refractivity contribution in [1.29, 1.82) is 0 Å². The number of carbonyl (C=O) groups is 2. The van der Waals surface area contributed by atoms with E-state index in [1.807, 2.05) is 171 Å². The molecule has 60 heavy (non-hydrogen) atoms. The summed E-state index contributed by atoms with van der Waals surface area (Å²) >= 11 is 0. The average molecular weight is 794 g/mol. The van der Waals surface area contributed by atoms with Gasteiger partial charge < -0.3 is 24.3 Å². The van der Waals surface area contributed by atoms with E-state index < -0.39 is 35.9 Å². The van der Waals surface area contributed by atoms with Crippen LogP contribution in [0.5, 0.6) is 5.75 Å². The summed E-state index contributed by atoms with van der Waals surface area (Å²) < 4.78 is 25.3. The number of carbonyl (C=O) groups excluding carboxylic acids is 2. The number of rotatable bonds is 14. The molecule has 0 fully saturated rings. The van der Waals surface area contributed by atoms with Gasteiger partial charge in [-0.2, -0.15) is 0 Å². The molecule has 1 aliphatic rings. The monoisotopic (exact) mass is 793 g/mol. The van der Waals surface area contributed by atoms with Gasteiger partial charge in [0.25, 0.3) is 0 Å². The second-order valence-corrected chi connectivity index (χ2v) is 15.1. The lowest BCUT2D eigenvalue weighted by atomic mass is 9.79. The number of hydrogen-bond acceptors (Lipinski definition) is 6. The van der Waals surface area contributed by atoms with Crippen LogP contribution in [0.25, 0.3) is 11.1 Å². The Morgan fingerprint density at radius 3 is 1.53 bits per heavy atom. The Morgan fingerprint density at radius 2 is 1.05 bits per heavy atom. The Kier molecular flexibility index (Phi) is 11.9. The molecule has 1 amide bonds. The Morgan fingerprint density at radius 1 is 0.600 bits per heavy atom. The van der Waals surface area contributed by atoms with Gasteiger partial charge in [-0.3, -0.25) is 0 Å². The van der Waals surface area contributed by atoms with Crippen LogP contribution in [-0.2, 0) is 24.6 Å². The molecule has 0 aromatic heterocycles. The number of benzene rings is 7. The molecule has 0 radical (unpaired) electrons. The molecule has 300 valence electrons. The zero-order chi connectivity index (χ0) is 41.5. The summed E-state index contributed by atoms with van der Waals surface area (Å²) in [5.41, 5.74) is 8.29. The van der Waals surface area contributed by atoms with Crippen molar-refractivity contribution in [3.8, 4) is 16.9 Å². The van der Waals surface area contributed by atoms with E-state index in [2.05, 4.69) is 29.6 Å². The summed E-state index contributed by atoms with van der Waals surface area (Å²) in [6.45, 7) is 3.86. The van der Waals surface area contributed by atoms with Gasteiger partial charge >= 0.3 is 12.1 Å². The maximum absolute atomic E-state index is 15.0. The molecule has 3 atom stereocenters. The minimum absolute atomic E-state index is 0.0662. The number of alkyl carbamates (subject to hydrolysis) is 1. The summed E-state index contributed by atoms with van der Waals surface area (Å²) in [6, 6.07) is 60.0. The highest BCUT2D eigenvalue weighted by molar-refractivity contribution is 5.83. The lowest BCUT2D eigenvalue weighted by molar-refractivity contribution is -0.157. The highest BCUT2D eigenvalue weighted by atomic mass is 16.6. The molecule has 7 aromatic rings. The second-order valence-electron chi connectivity index (χ2n) is 15.1. The van der Waals surface area contributed by atoms with Gasteiger partial charge in [0, 0.05) is 5.92 Å². The van der Waals surface area contributed by atoms with E-state index in [-0.39, 0.29) is 12.5 Å². The van der Waals surface area contributed by atoms with Crippen LogP contribution in [0.4, 0.5) is 4.79 Å². The van der Waals surface area contributed by atoms with E-state index in [0.717, 1.165) is 55.6 Å². The molecule has 8 rings (SSSR count). The first kappa shape index (κ1) is 39.8. The van der Waals surface area contributed by atoms with Crippen LogP contribution in [0, 0.1) is 6.92 Å². The highest BCUT2D eigenvalue weighted by Crippen LogP contribution is 2.45. The number of aryl methyl sites for hydroxylation is 1. The molecule has 1 aliphatic carbocycles. The molecular weight excluding hydrogens is 747 g/mol. The maximum Gasteiger partial charge on any atom is 0.407 e. The molecule has 0 spiro atoms. The lowest BCUT2D eigenvalue weighted by Gasteiger charge is -2.40. The van der Waals surface area contributed by atoms with Crippen LogP contribution in [0.1, 0.15) is 63.5 Å². The predicted octanol–water partition coefficient (Wildman–Crippen LogP) is 10.9. The number of amides is 1. The SMILES string of the molecule is COc1ccc(C(OC(=O)[C@@H](NC(=O)OCC2c3ccccc3-c3ccccc32)[C@@H](C)OC(c2ccccc2)(c2ccccc2)c2ccccc2)c2ccc(C)cc2)cc1. The number of methoxy groups -OCH3 is 1. The van der Waals surface area contributed by atoms with Crippen molar-refractivity contribution in [3.63, 3.8) is 0 Å². The third-order valence-electron chi connectivity index (χ3n) is 11.3. The largest absolute Gasteiger partial charge is 0.497 e. The van der Waals surface area contributed by atoms with E-state index in [1.54, 1.807) is 14.0 Å². The first-order valence-electron chi connectivity index (χ1n) is 20.2. The van der Waals surface area contributed by atoms with Crippen LogP contribution < -0.4 is 10.1 Å². The van der Waals surface area contributed by atoms with Crippen LogP contribution in [-0.4, -0.2) is 37.9 Å². The van der Waals surface area contributed by atoms with Crippen molar-refractivity contribution >= 4 is 12.1 Å². The van der Waals surface area contributed by atoms with Gasteiger partial charge in [-0.25, -0.2) is 9.59 Å². The Bertz CT molecular complexity index is 2380. The minimum atomic E-state index is -1.32. The van der Waals surface area contributed by atoms with Gasteiger partial charge in [0.05, 0.1) is 13.2 Å². The van der Waals surface area contributed by atoms with Gasteiger partial charge in [0.2, 0.25) is 0 Å². The summed E-state index contributed by atoms with van der Waals surface area (Å²) in [4.78, 5) is 29.1. The number of fused-ring (bicyclic) bond motifs is 3. The van der Waals surface area contributed by atoms with Crippen LogP contribution >= 0.6 is 0 Å². The minimum Gasteiger partial charge on any atom is -0.497 e. The molecule has 7 heteroatoms. The third kappa shape index (κ3) is 8.17. The number of hydrogen-bond donors (Lipinski definition) is 1. The Labute approximate surface area is 351 Å². The summed E-state index contributed by atoms with van der Waals surface area (Å²) in [6.07, 6.45) is -2.55. The van der Waals surface area contributed by atoms with Crippen molar-refractivity contribution in [3.05, 3.63) is 233 Å². The fourth-order valence-electron chi connectivity index (χ4n) is 8.24. The smallest absolute Gasteiger partial charge is 0.407 e.